The van der Waals surface area contributed by atoms with Gasteiger partial charge in [0, 0.05) is 31.5 Å². The van der Waals surface area contributed by atoms with Crippen molar-refractivity contribution >= 4 is 17.8 Å². The first kappa shape index (κ1) is 20.3. The lowest BCUT2D eigenvalue weighted by Gasteiger charge is -2.36. The summed E-state index contributed by atoms with van der Waals surface area (Å²) in [7, 11) is 1.38. The highest BCUT2D eigenvalue weighted by atomic mass is 16.5. The van der Waals surface area contributed by atoms with Crippen molar-refractivity contribution < 1.29 is 19.1 Å². The van der Waals surface area contributed by atoms with E-state index in [4.69, 9.17) is 10.5 Å². The summed E-state index contributed by atoms with van der Waals surface area (Å²) in [6.45, 7) is 3.85. The fourth-order valence-electron chi connectivity index (χ4n) is 4.10. The smallest absolute Gasteiger partial charge is 0.337 e. The number of piperidine rings is 2. The van der Waals surface area contributed by atoms with Crippen LogP contribution in [0.15, 0.2) is 24.3 Å². The van der Waals surface area contributed by atoms with E-state index in [-0.39, 0.29) is 29.6 Å². The van der Waals surface area contributed by atoms with Gasteiger partial charge in [-0.1, -0.05) is 12.1 Å². The van der Waals surface area contributed by atoms with Crippen LogP contribution in [0.25, 0.3) is 0 Å². The second kappa shape index (κ2) is 9.19. The molecule has 7 heteroatoms. The van der Waals surface area contributed by atoms with Crippen molar-refractivity contribution in [2.45, 2.75) is 32.2 Å². The molecule has 2 aliphatic heterocycles. The minimum absolute atomic E-state index is 0.0723. The predicted molar refractivity (Wildman–Crippen MR) is 104 cm³/mol. The summed E-state index contributed by atoms with van der Waals surface area (Å²) < 4.78 is 4.72. The lowest BCUT2D eigenvalue weighted by Crippen LogP contribution is -2.46. The van der Waals surface area contributed by atoms with Gasteiger partial charge in [-0.25, -0.2) is 4.79 Å². The summed E-state index contributed by atoms with van der Waals surface area (Å²) in [4.78, 5) is 39.8. The maximum Gasteiger partial charge on any atom is 0.337 e. The molecule has 7 nitrogen and oxygen atoms in total. The van der Waals surface area contributed by atoms with Crippen LogP contribution in [0, 0.1) is 11.8 Å². The number of ether oxygens (including phenoxy) is 1. The molecule has 28 heavy (non-hydrogen) atoms. The van der Waals surface area contributed by atoms with Crippen LogP contribution in [-0.2, 0) is 20.9 Å². The van der Waals surface area contributed by atoms with Gasteiger partial charge in [-0.3, -0.25) is 14.5 Å². The molecule has 2 aliphatic rings. The van der Waals surface area contributed by atoms with Crippen molar-refractivity contribution in [3.63, 3.8) is 0 Å². The summed E-state index contributed by atoms with van der Waals surface area (Å²) >= 11 is 0. The molecule has 2 saturated heterocycles. The van der Waals surface area contributed by atoms with Crippen LogP contribution in [0.1, 0.15) is 41.6 Å². The number of amides is 2. The second-order valence-corrected chi connectivity index (χ2v) is 7.74. The number of nitrogens with two attached hydrogens (primary N) is 1. The Balaban J connectivity index is 1.45. The average Bonchev–Trinajstić information content (AvgIpc) is 2.74. The monoisotopic (exact) mass is 387 g/mol. The van der Waals surface area contributed by atoms with Gasteiger partial charge in [-0.2, -0.15) is 0 Å². The Morgan fingerprint density at radius 2 is 1.54 bits per heavy atom. The van der Waals surface area contributed by atoms with Crippen molar-refractivity contribution in [1.29, 1.82) is 0 Å². The fraction of sp³-hybridized carbons (Fsp3) is 0.571. The maximum absolute atomic E-state index is 12.8. The standard InChI is InChI=1S/C21H29N3O4/c1-28-21(27)18-4-2-15(3-5-18)14-23-10-6-17(7-11-23)20(26)24-12-8-16(9-13-24)19(22)25/h2-5,16-17H,6-14H2,1H3,(H2,22,25). The van der Waals surface area contributed by atoms with Gasteiger partial charge in [0.05, 0.1) is 12.7 Å². The second-order valence-electron chi connectivity index (χ2n) is 7.74. The maximum atomic E-state index is 12.8. The number of carbonyl (C=O) groups is 3. The van der Waals surface area contributed by atoms with Gasteiger partial charge in [-0.15, -0.1) is 0 Å². The molecule has 1 aromatic carbocycles. The molecule has 0 radical (unpaired) electrons. The molecule has 0 bridgehead atoms. The van der Waals surface area contributed by atoms with Crippen LogP contribution >= 0.6 is 0 Å². The first-order valence-corrected chi connectivity index (χ1v) is 9.95. The number of primary amides is 1. The van der Waals surface area contributed by atoms with E-state index in [1.54, 1.807) is 12.1 Å². The van der Waals surface area contributed by atoms with Gasteiger partial charge in [0.2, 0.25) is 11.8 Å². The number of nitrogens with zero attached hydrogens (tertiary/aromatic N) is 2. The molecule has 2 heterocycles. The molecule has 0 saturated carbocycles. The van der Waals surface area contributed by atoms with Crippen LogP contribution in [0.2, 0.25) is 0 Å². The molecular formula is C21H29N3O4. The third-order valence-corrected chi connectivity index (χ3v) is 5.93. The molecule has 0 aliphatic carbocycles. The molecular weight excluding hydrogens is 358 g/mol. The molecule has 1 aromatic rings. The van der Waals surface area contributed by atoms with Crippen LogP contribution in [0.3, 0.4) is 0 Å². The number of likely N-dealkylation sites (tertiary alicyclic amines) is 2. The van der Waals surface area contributed by atoms with Crippen LogP contribution in [-0.4, -0.2) is 60.9 Å². The number of carbonyl (C=O) groups excluding carboxylic acids is 3. The first-order valence-electron chi connectivity index (χ1n) is 9.95. The van der Waals surface area contributed by atoms with E-state index in [0.29, 0.717) is 31.5 Å². The quantitative estimate of drug-likeness (QED) is 0.771. The van der Waals surface area contributed by atoms with Gasteiger partial charge in [-0.05, 0) is 56.5 Å². The summed E-state index contributed by atoms with van der Waals surface area (Å²) in [6.07, 6.45) is 3.08. The molecule has 3 rings (SSSR count). The van der Waals surface area contributed by atoms with Gasteiger partial charge in [0.1, 0.15) is 0 Å². The Labute approximate surface area is 165 Å². The van der Waals surface area contributed by atoms with E-state index in [1.807, 2.05) is 17.0 Å². The Bertz CT molecular complexity index is 703. The minimum atomic E-state index is -0.328. The average molecular weight is 387 g/mol. The minimum Gasteiger partial charge on any atom is -0.465 e. The van der Waals surface area contributed by atoms with E-state index in [2.05, 4.69) is 4.90 Å². The van der Waals surface area contributed by atoms with E-state index < -0.39 is 0 Å². The van der Waals surface area contributed by atoms with Gasteiger partial charge in [0.25, 0.3) is 0 Å². The van der Waals surface area contributed by atoms with Crippen molar-refractivity contribution in [2.75, 3.05) is 33.3 Å². The topological polar surface area (TPSA) is 92.9 Å². The molecule has 2 amide bonds. The molecule has 0 spiro atoms. The Hall–Kier alpha value is -2.41. The number of methoxy groups -OCH3 is 1. The number of benzene rings is 1. The molecule has 0 aromatic heterocycles. The van der Waals surface area contributed by atoms with Crippen molar-refractivity contribution in [3.8, 4) is 0 Å². The predicted octanol–water partition coefficient (Wildman–Crippen LogP) is 1.41. The van der Waals surface area contributed by atoms with Crippen LogP contribution in [0.5, 0.6) is 0 Å². The Morgan fingerprint density at radius 3 is 2.07 bits per heavy atom. The van der Waals surface area contributed by atoms with Crippen LogP contribution in [0.4, 0.5) is 0 Å². The zero-order valence-corrected chi connectivity index (χ0v) is 16.4. The van der Waals surface area contributed by atoms with Crippen molar-refractivity contribution in [2.24, 2.45) is 17.6 Å². The molecule has 2 fully saturated rings. The number of esters is 1. The zero-order valence-electron chi connectivity index (χ0n) is 16.4. The Kier molecular flexibility index (Phi) is 6.67. The first-order chi connectivity index (χ1) is 13.5. The highest BCUT2D eigenvalue weighted by Gasteiger charge is 2.32. The van der Waals surface area contributed by atoms with Gasteiger partial charge >= 0.3 is 5.97 Å². The fourth-order valence-corrected chi connectivity index (χ4v) is 4.10. The van der Waals surface area contributed by atoms with E-state index in [9.17, 15) is 14.4 Å². The Morgan fingerprint density at radius 1 is 0.964 bits per heavy atom. The van der Waals surface area contributed by atoms with E-state index >= 15 is 0 Å². The summed E-state index contributed by atoms with van der Waals surface area (Å²) in [5.41, 5.74) is 7.07. The highest BCUT2D eigenvalue weighted by Crippen LogP contribution is 2.24. The van der Waals surface area contributed by atoms with Gasteiger partial charge < -0.3 is 15.4 Å². The van der Waals surface area contributed by atoms with Crippen molar-refractivity contribution in [3.05, 3.63) is 35.4 Å². The summed E-state index contributed by atoms with van der Waals surface area (Å²) in [5, 5.41) is 0. The third-order valence-electron chi connectivity index (χ3n) is 5.93. The largest absolute Gasteiger partial charge is 0.465 e. The molecule has 152 valence electrons. The van der Waals surface area contributed by atoms with E-state index in [0.717, 1.165) is 38.0 Å². The lowest BCUT2D eigenvalue weighted by atomic mass is 9.91. The third kappa shape index (κ3) is 4.90. The SMILES string of the molecule is COC(=O)c1ccc(CN2CCC(C(=O)N3CCC(C(N)=O)CC3)CC2)cc1. The molecule has 0 atom stereocenters. The molecule has 2 N–H and O–H groups in total. The highest BCUT2D eigenvalue weighted by molar-refractivity contribution is 5.89. The normalized spacial score (nSPS) is 19.4. The number of rotatable bonds is 5. The van der Waals surface area contributed by atoms with Crippen LogP contribution < -0.4 is 5.73 Å². The lowest BCUT2D eigenvalue weighted by molar-refractivity contribution is -0.140. The van der Waals surface area contributed by atoms with Crippen molar-refractivity contribution in [1.82, 2.24) is 9.80 Å². The summed E-state index contributed by atoms with van der Waals surface area (Å²) in [6, 6.07) is 7.47. The number of hydrogen-bond donors (Lipinski definition) is 1. The van der Waals surface area contributed by atoms with E-state index in [1.165, 1.54) is 7.11 Å². The zero-order chi connectivity index (χ0) is 20.1. The number of hydrogen-bond acceptors (Lipinski definition) is 5. The molecule has 0 unspecified atom stereocenters. The van der Waals surface area contributed by atoms with Gasteiger partial charge in [0.15, 0.2) is 0 Å². The summed E-state index contributed by atoms with van der Waals surface area (Å²) in [5.74, 6) is -0.365.